The van der Waals surface area contributed by atoms with Gasteiger partial charge in [-0.15, -0.1) is 0 Å². The Balaban J connectivity index is 1.58. The van der Waals surface area contributed by atoms with Crippen LogP contribution in [0.2, 0.25) is 0 Å². The molecule has 2 heterocycles. The van der Waals surface area contributed by atoms with Gasteiger partial charge in [0.1, 0.15) is 0 Å². The summed E-state index contributed by atoms with van der Waals surface area (Å²) in [5.74, 6) is 0.548. The molecule has 0 saturated carbocycles. The summed E-state index contributed by atoms with van der Waals surface area (Å²) >= 11 is 0. The third-order valence-electron chi connectivity index (χ3n) is 4.93. The van der Waals surface area contributed by atoms with Crippen molar-refractivity contribution < 1.29 is 9.47 Å². The number of hydrogen-bond acceptors (Lipinski definition) is 5. The minimum absolute atomic E-state index is 0.205. The van der Waals surface area contributed by atoms with Crippen molar-refractivity contribution in [1.82, 2.24) is 15.8 Å². The van der Waals surface area contributed by atoms with E-state index >= 15 is 0 Å². The van der Waals surface area contributed by atoms with Crippen LogP contribution >= 0.6 is 0 Å². The summed E-state index contributed by atoms with van der Waals surface area (Å²) in [5.41, 5.74) is 10.9. The summed E-state index contributed by atoms with van der Waals surface area (Å²) in [7, 11) is 2.17. The molecule has 3 rings (SSSR count). The minimum atomic E-state index is 0.205. The van der Waals surface area contributed by atoms with E-state index < -0.39 is 0 Å². The van der Waals surface area contributed by atoms with E-state index in [2.05, 4.69) is 54.8 Å². The first kappa shape index (κ1) is 16.9. The fourth-order valence-corrected chi connectivity index (χ4v) is 3.48. The monoisotopic (exact) mass is 319 g/mol. The number of rotatable bonds is 5. The van der Waals surface area contributed by atoms with Crippen molar-refractivity contribution in [3.63, 3.8) is 0 Å². The number of ether oxygens (including phenoxy) is 2. The summed E-state index contributed by atoms with van der Waals surface area (Å²) in [6.07, 6.45) is 0.205. The molecule has 0 spiro atoms. The molecule has 5 nitrogen and oxygen atoms in total. The summed E-state index contributed by atoms with van der Waals surface area (Å²) in [4.78, 5) is 2.37. The van der Waals surface area contributed by atoms with E-state index in [1.54, 1.807) is 0 Å². The van der Waals surface area contributed by atoms with E-state index in [1.165, 1.54) is 16.7 Å². The second-order valence-electron chi connectivity index (χ2n) is 6.90. The van der Waals surface area contributed by atoms with Crippen LogP contribution in [0.5, 0.6) is 0 Å². The van der Waals surface area contributed by atoms with Crippen molar-refractivity contribution in [3.05, 3.63) is 34.9 Å². The van der Waals surface area contributed by atoms with Gasteiger partial charge in [-0.3, -0.25) is 5.43 Å². The lowest BCUT2D eigenvalue weighted by molar-refractivity contribution is -0.0964. The van der Waals surface area contributed by atoms with Crippen LogP contribution in [-0.4, -0.2) is 57.5 Å². The summed E-state index contributed by atoms with van der Waals surface area (Å²) < 4.78 is 11.2. The molecular weight excluding hydrogens is 290 g/mol. The molecule has 0 amide bonds. The Morgan fingerprint density at radius 3 is 2.78 bits per heavy atom. The Kier molecular flexibility index (Phi) is 5.67. The molecule has 2 aliphatic rings. The fraction of sp³-hybridized carbons (Fsp3) is 0.667. The van der Waals surface area contributed by atoms with Gasteiger partial charge in [-0.1, -0.05) is 18.2 Å². The predicted octanol–water partition coefficient (Wildman–Crippen LogP) is 1.42. The van der Waals surface area contributed by atoms with Gasteiger partial charge >= 0.3 is 0 Å². The number of benzene rings is 1. The lowest BCUT2D eigenvalue weighted by Gasteiger charge is -2.30. The molecule has 1 aromatic rings. The highest BCUT2D eigenvalue weighted by molar-refractivity contribution is 5.32. The van der Waals surface area contributed by atoms with Gasteiger partial charge in [0.2, 0.25) is 0 Å². The molecule has 128 valence electrons. The van der Waals surface area contributed by atoms with Crippen LogP contribution in [-0.2, 0) is 9.47 Å². The van der Waals surface area contributed by atoms with Crippen LogP contribution in [0, 0.1) is 19.8 Å². The van der Waals surface area contributed by atoms with Gasteiger partial charge in [0, 0.05) is 25.6 Å². The highest BCUT2D eigenvalue weighted by atomic mass is 16.6. The van der Waals surface area contributed by atoms with E-state index in [4.69, 9.17) is 9.47 Å². The van der Waals surface area contributed by atoms with Gasteiger partial charge in [-0.25, -0.2) is 5.43 Å². The molecule has 3 unspecified atom stereocenters. The fourth-order valence-electron chi connectivity index (χ4n) is 3.48. The van der Waals surface area contributed by atoms with Crippen LogP contribution in [0.3, 0.4) is 0 Å². The SMILES string of the molecule is Cc1ccc(C2NNCC2CN(C)CC2COCCO2)cc1C. The van der Waals surface area contributed by atoms with Crippen molar-refractivity contribution in [2.75, 3.05) is 46.5 Å². The van der Waals surface area contributed by atoms with E-state index in [1.807, 2.05) is 0 Å². The number of aryl methyl sites for hydroxylation is 2. The minimum Gasteiger partial charge on any atom is -0.376 e. The standard InChI is InChI=1S/C18H29N3O2/c1-13-4-5-15(8-14(13)2)18-16(9-19-20-18)10-21(3)11-17-12-22-6-7-23-17/h4-5,8,16-20H,6-7,9-12H2,1-3H3. The predicted molar refractivity (Wildman–Crippen MR) is 91.3 cm³/mol. The summed E-state index contributed by atoms with van der Waals surface area (Å²) in [6.45, 7) is 9.46. The van der Waals surface area contributed by atoms with Crippen LogP contribution in [0.25, 0.3) is 0 Å². The molecule has 0 bridgehead atoms. The molecule has 1 aromatic carbocycles. The third-order valence-corrected chi connectivity index (χ3v) is 4.93. The molecule has 2 fully saturated rings. The van der Waals surface area contributed by atoms with Gasteiger partial charge in [-0.05, 0) is 37.6 Å². The molecular formula is C18H29N3O2. The van der Waals surface area contributed by atoms with Gasteiger partial charge in [0.05, 0.1) is 32.0 Å². The zero-order valence-corrected chi connectivity index (χ0v) is 14.5. The maximum atomic E-state index is 5.76. The molecule has 2 N–H and O–H groups in total. The second kappa shape index (κ2) is 7.73. The van der Waals surface area contributed by atoms with Gasteiger partial charge < -0.3 is 14.4 Å². The Labute approximate surface area is 139 Å². The maximum Gasteiger partial charge on any atom is 0.0936 e. The topological polar surface area (TPSA) is 45.8 Å². The van der Waals surface area contributed by atoms with Crippen molar-refractivity contribution in [2.45, 2.75) is 26.0 Å². The van der Waals surface area contributed by atoms with Gasteiger partial charge in [0.25, 0.3) is 0 Å². The van der Waals surface area contributed by atoms with E-state index in [0.29, 0.717) is 18.6 Å². The first-order valence-electron chi connectivity index (χ1n) is 8.57. The highest BCUT2D eigenvalue weighted by Gasteiger charge is 2.30. The van der Waals surface area contributed by atoms with Crippen molar-refractivity contribution in [3.8, 4) is 0 Å². The smallest absolute Gasteiger partial charge is 0.0936 e. The first-order valence-corrected chi connectivity index (χ1v) is 8.57. The van der Waals surface area contributed by atoms with E-state index in [0.717, 1.165) is 32.8 Å². The molecule has 0 radical (unpaired) electrons. The number of likely N-dealkylation sites (N-methyl/N-ethyl adjacent to an activating group) is 1. The average Bonchev–Trinajstić information content (AvgIpc) is 2.99. The zero-order valence-electron chi connectivity index (χ0n) is 14.5. The Morgan fingerprint density at radius 1 is 1.17 bits per heavy atom. The van der Waals surface area contributed by atoms with Crippen molar-refractivity contribution in [1.29, 1.82) is 0 Å². The van der Waals surface area contributed by atoms with Crippen LogP contribution in [0.4, 0.5) is 0 Å². The van der Waals surface area contributed by atoms with Crippen molar-refractivity contribution >= 4 is 0 Å². The first-order chi connectivity index (χ1) is 11.1. The van der Waals surface area contributed by atoms with Crippen LogP contribution in [0.1, 0.15) is 22.7 Å². The van der Waals surface area contributed by atoms with Crippen molar-refractivity contribution in [2.24, 2.45) is 5.92 Å². The number of hydrazine groups is 1. The highest BCUT2D eigenvalue weighted by Crippen LogP contribution is 2.27. The van der Waals surface area contributed by atoms with E-state index in [-0.39, 0.29) is 6.10 Å². The molecule has 0 aliphatic carbocycles. The molecule has 0 aromatic heterocycles. The normalized spacial score (nSPS) is 28.4. The molecule has 23 heavy (non-hydrogen) atoms. The van der Waals surface area contributed by atoms with Crippen LogP contribution in [0.15, 0.2) is 18.2 Å². The molecule has 3 atom stereocenters. The van der Waals surface area contributed by atoms with Gasteiger partial charge in [-0.2, -0.15) is 0 Å². The molecule has 2 aliphatic heterocycles. The lowest BCUT2D eigenvalue weighted by atomic mass is 9.92. The Morgan fingerprint density at radius 2 is 2.04 bits per heavy atom. The third kappa shape index (κ3) is 4.31. The zero-order chi connectivity index (χ0) is 16.2. The largest absolute Gasteiger partial charge is 0.376 e. The molecule has 5 heteroatoms. The second-order valence-corrected chi connectivity index (χ2v) is 6.90. The number of nitrogens with zero attached hydrogens (tertiary/aromatic N) is 1. The average molecular weight is 319 g/mol. The van der Waals surface area contributed by atoms with E-state index in [9.17, 15) is 0 Å². The Bertz CT molecular complexity index is 517. The molecule has 2 saturated heterocycles. The summed E-state index contributed by atoms with van der Waals surface area (Å²) in [6, 6.07) is 7.14. The van der Waals surface area contributed by atoms with Crippen LogP contribution < -0.4 is 10.9 Å². The summed E-state index contributed by atoms with van der Waals surface area (Å²) in [5, 5.41) is 0. The lowest BCUT2D eigenvalue weighted by Crippen LogP contribution is -2.41. The number of nitrogens with one attached hydrogen (secondary N) is 2. The van der Waals surface area contributed by atoms with Gasteiger partial charge in [0.15, 0.2) is 0 Å². The Hall–Kier alpha value is -0.980. The quantitative estimate of drug-likeness (QED) is 0.859. The number of hydrogen-bond donors (Lipinski definition) is 2. The maximum absolute atomic E-state index is 5.76.